The second-order valence-electron chi connectivity index (χ2n) is 2.71. The molecule has 2 nitrogen and oxygen atoms in total. The van der Waals surface area contributed by atoms with Gasteiger partial charge >= 0.3 is 0 Å². The summed E-state index contributed by atoms with van der Waals surface area (Å²) in [5.41, 5.74) is 1.04. The van der Waals surface area contributed by atoms with Gasteiger partial charge in [-0.25, -0.2) is 0 Å². The molecule has 1 aliphatic carbocycles. The first-order chi connectivity index (χ1) is 5.77. The van der Waals surface area contributed by atoms with Crippen molar-refractivity contribution in [3.8, 4) is 0 Å². The first-order valence-electron chi connectivity index (χ1n) is 4.01. The smallest absolute Gasteiger partial charge is 0.134 e. The van der Waals surface area contributed by atoms with E-state index in [0.29, 0.717) is 0 Å². The molecule has 12 heavy (non-hydrogen) atoms. The summed E-state index contributed by atoms with van der Waals surface area (Å²) in [6, 6.07) is 0. The average molecular weight is 164 g/mol. The first kappa shape index (κ1) is 8.78. The van der Waals surface area contributed by atoms with Crippen LogP contribution in [0.1, 0.15) is 13.3 Å². The molecule has 0 aromatic rings. The highest BCUT2D eigenvalue weighted by Gasteiger charge is 2.10. The van der Waals surface area contributed by atoms with Crippen LogP contribution in [-0.2, 0) is 4.79 Å². The van der Waals surface area contributed by atoms with Gasteiger partial charge in [-0.1, -0.05) is 25.2 Å². The predicted octanol–water partition coefficient (Wildman–Crippen LogP) is 2.15. The number of carbonyl (C=O) groups is 1. The van der Waals surface area contributed by atoms with E-state index in [2.05, 4.69) is 0 Å². The lowest BCUT2D eigenvalue weighted by Gasteiger charge is -2.01. The number of carbonyl (C=O) groups excluding carboxylic acids is 1. The van der Waals surface area contributed by atoms with Crippen molar-refractivity contribution in [1.82, 2.24) is 0 Å². The summed E-state index contributed by atoms with van der Waals surface area (Å²) in [5, 5.41) is 9.39. The molecule has 0 amide bonds. The van der Waals surface area contributed by atoms with E-state index in [0.717, 1.165) is 18.3 Å². The summed E-state index contributed by atoms with van der Waals surface area (Å²) in [6.07, 6.45) is 8.63. The Morgan fingerprint density at radius 1 is 1.67 bits per heavy atom. The van der Waals surface area contributed by atoms with Crippen LogP contribution in [0.2, 0.25) is 0 Å². The minimum absolute atomic E-state index is 0.131. The van der Waals surface area contributed by atoms with E-state index in [1.54, 1.807) is 18.2 Å². The molecular weight excluding hydrogens is 152 g/mol. The Morgan fingerprint density at radius 2 is 2.42 bits per heavy atom. The molecule has 0 heterocycles. The van der Waals surface area contributed by atoms with E-state index in [1.807, 2.05) is 13.0 Å². The van der Waals surface area contributed by atoms with Crippen molar-refractivity contribution in [2.75, 3.05) is 0 Å². The van der Waals surface area contributed by atoms with Crippen molar-refractivity contribution in [3.05, 3.63) is 35.6 Å². The molecular formula is C10H12O2. The van der Waals surface area contributed by atoms with Crippen molar-refractivity contribution in [1.29, 1.82) is 0 Å². The fourth-order valence-electron chi connectivity index (χ4n) is 1.07. The highest BCUT2D eigenvalue weighted by atomic mass is 16.3. The van der Waals surface area contributed by atoms with Crippen molar-refractivity contribution < 1.29 is 9.90 Å². The molecule has 0 bridgehead atoms. The van der Waals surface area contributed by atoms with Crippen LogP contribution in [0.4, 0.5) is 0 Å². The highest BCUT2D eigenvalue weighted by Crippen LogP contribution is 2.16. The molecule has 0 aromatic heterocycles. The second kappa shape index (κ2) is 3.90. The number of allylic oxidation sites excluding steroid dienone is 5. The SMILES string of the molecule is CCC1=CC=CC(C=O)C(O)=C1. The largest absolute Gasteiger partial charge is 0.511 e. The maximum atomic E-state index is 10.4. The lowest BCUT2D eigenvalue weighted by atomic mass is 10.1. The summed E-state index contributed by atoms with van der Waals surface area (Å²) >= 11 is 0. The van der Waals surface area contributed by atoms with Gasteiger partial charge in [-0.05, 0) is 18.1 Å². The Morgan fingerprint density at radius 3 is 3.00 bits per heavy atom. The van der Waals surface area contributed by atoms with Crippen LogP contribution in [0, 0.1) is 5.92 Å². The number of aliphatic hydroxyl groups is 1. The lowest BCUT2D eigenvalue weighted by Crippen LogP contribution is -2.00. The van der Waals surface area contributed by atoms with E-state index >= 15 is 0 Å². The molecule has 1 atom stereocenters. The monoisotopic (exact) mass is 164 g/mol. The van der Waals surface area contributed by atoms with Crippen LogP contribution < -0.4 is 0 Å². The molecule has 0 saturated carbocycles. The summed E-state index contributed by atoms with van der Waals surface area (Å²) in [4.78, 5) is 10.4. The van der Waals surface area contributed by atoms with E-state index < -0.39 is 5.92 Å². The third-order valence-electron chi connectivity index (χ3n) is 1.86. The zero-order chi connectivity index (χ0) is 8.97. The van der Waals surface area contributed by atoms with Crippen molar-refractivity contribution in [2.24, 2.45) is 5.92 Å². The molecule has 1 rings (SSSR count). The second-order valence-corrected chi connectivity index (χ2v) is 2.71. The number of rotatable bonds is 2. The normalized spacial score (nSPS) is 22.6. The van der Waals surface area contributed by atoms with Gasteiger partial charge in [-0.3, -0.25) is 0 Å². The molecule has 1 unspecified atom stereocenters. The lowest BCUT2D eigenvalue weighted by molar-refractivity contribution is -0.109. The molecule has 0 radical (unpaired) electrons. The average Bonchev–Trinajstić information content (AvgIpc) is 2.26. The molecule has 1 aliphatic rings. The van der Waals surface area contributed by atoms with Crippen molar-refractivity contribution >= 4 is 6.29 Å². The van der Waals surface area contributed by atoms with E-state index in [9.17, 15) is 9.90 Å². The van der Waals surface area contributed by atoms with Gasteiger partial charge < -0.3 is 9.90 Å². The third-order valence-corrected chi connectivity index (χ3v) is 1.86. The molecule has 0 aliphatic heterocycles. The van der Waals surface area contributed by atoms with Crippen LogP contribution in [0.5, 0.6) is 0 Å². The molecule has 0 aromatic carbocycles. The van der Waals surface area contributed by atoms with Crippen LogP contribution in [0.25, 0.3) is 0 Å². The van der Waals surface area contributed by atoms with Crippen LogP contribution in [-0.4, -0.2) is 11.4 Å². The van der Waals surface area contributed by atoms with Crippen molar-refractivity contribution in [2.45, 2.75) is 13.3 Å². The van der Waals surface area contributed by atoms with Gasteiger partial charge in [0.1, 0.15) is 12.0 Å². The fraction of sp³-hybridized carbons (Fsp3) is 0.300. The summed E-state index contributed by atoms with van der Waals surface area (Å²) in [5.74, 6) is -0.336. The predicted molar refractivity (Wildman–Crippen MR) is 47.8 cm³/mol. The Hall–Kier alpha value is -1.31. The van der Waals surface area contributed by atoms with E-state index in [1.165, 1.54) is 0 Å². The number of aldehydes is 1. The number of hydrogen-bond donors (Lipinski definition) is 1. The fourth-order valence-corrected chi connectivity index (χ4v) is 1.07. The van der Waals surface area contributed by atoms with Crippen LogP contribution in [0.3, 0.4) is 0 Å². The van der Waals surface area contributed by atoms with Gasteiger partial charge in [-0.15, -0.1) is 0 Å². The minimum atomic E-state index is -0.467. The van der Waals surface area contributed by atoms with Gasteiger partial charge in [0.25, 0.3) is 0 Å². The molecule has 0 saturated heterocycles. The van der Waals surface area contributed by atoms with Crippen molar-refractivity contribution in [3.63, 3.8) is 0 Å². The van der Waals surface area contributed by atoms with Crippen LogP contribution >= 0.6 is 0 Å². The Kier molecular flexibility index (Phi) is 2.86. The highest BCUT2D eigenvalue weighted by molar-refractivity contribution is 5.62. The Balaban J connectivity index is 2.91. The number of aliphatic hydroxyl groups excluding tert-OH is 1. The van der Waals surface area contributed by atoms with Gasteiger partial charge in [0.2, 0.25) is 0 Å². The zero-order valence-electron chi connectivity index (χ0n) is 7.03. The number of hydrogen-bond acceptors (Lipinski definition) is 2. The molecule has 1 N–H and O–H groups in total. The third kappa shape index (κ3) is 1.84. The quantitative estimate of drug-likeness (QED) is 0.635. The van der Waals surface area contributed by atoms with Crippen LogP contribution in [0.15, 0.2) is 35.6 Å². The molecule has 2 heteroatoms. The zero-order valence-corrected chi connectivity index (χ0v) is 7.03. The van der Waals surface area contributed by atoms with E-state index in [4.69, 9.17) is 0 Å². The first-order valence-corrected chi connectivity index (χ1v) is 4.01. The standard InChI is InChI=1S/C10H12O2/c1-2-8-4-3-5-9(7-11)10(12)6-8/h3-7,9,12H,2H2,1H3. The van der Waals surface area contributed by atoms with Gasteiger partial charge in [-0.2, -0.15) is 0 Å². The summed E-state index contributed by atoms with van der Waals surface area (Å²) < 4.78 is 0. The van der Waals surface area contributed by atoms with Gasteiger partial charge in [0.15, 0.2) is 0 Å². The topological polar surface area (TPSA) is 37.3 Å². The maximum Gasteiger partial charge on any atom is 0.134 e. The summed E-state index contributed by atoms with van der Waals surface area (Å²) in [7, 11) is 0. The van der Waals surface area contributed by atoms with E-state index in [-0.39, 0.29) is 5.76 Å². The van der Waals surface area contributed by atoms with Gasteiger partial charge in [0.05, 0.1) is 5.92 Å². The summed E-state index contributed by atoms with van der Waals surface area (Å²) in [6.45, 7) is 2.00. The minimum Gasteiger partial charge on any atom is -0.511 e. The molecule has 0 fully saturated rings. The maximum absolute atomic E-state index is 10.4. The Labute approximate surface area is 71.9 Å². The molecule has 0 spiro atoms. The molecule has 64 valence electrons. The Bertz CT molecular complexity index is 259. The van der Waals surface area contributed by atoms with Gasteiger partial charge in [0, 0.05) is 0 Å².